The zero-order chi connectivity index (χ0) is 22.7. The topological polar surface area (TPSA) is 91.2 Å². The molecule has 2 heterocycles. The predicted octanol–water partition coefficient (Wildman–Crippen LogP) is 4.58. The Kier molecular flexibility index (Phi) is 6.43. The van der Waals surface area contributed by atoms with Crippen LogP contribution in [0.25, 0.3) is 0 Å². The fraction of sp³-hybridized carbons (Fsp3) is 0.182. The van der Waals surface area contributed by atoms with Crippen LogP contribution in [-0.2, 0) is 16.1 Å². The highest BCUT2D eigenvalue weighted by atomic mass is 35.5. The fourth-order valence-electron chi connectivity index (χ4n) is 3.34. The van der Waals surface area contributed by atoms with Crippen LogP contribution in [0.2, 0.25) is 10.0 Å². The van der Waals surface area contributed by atoms with Crippen molar-refractivity contribution in [3.63, 3.8) is 0 Å². The lowest BCUT2D eigenvalue weighted by molar-refractivity contribution is -0.138. The molecule has 0 aliphatic carbocycles. The number of carbonyl (C=O) groups excluding carboxylic acids is 1. The van der Waals surface area contributed by atoms with Crippen molar-refractivity contribution in [1.29, 1.82) is 0 Å². The summed E-state index contributed by atoms with van der Waals surface area (Å²) < 4.78 is 12.7. The van der Waals surface area contributed by atoms with Crippen molar-refractivity contribution < 1.29 is 14.3 Å². The molecule has 1 aromatic heterocycles. The smallest absolute Gasteiger partial charge is 0.338 e. The maximum atomic E-state index is 12.8. The molecule has 1 aliphatic rings. The van der Waals surface area contributed by atoms with Gasteiger partial charge >= 0.3 is 5.97 Å². The number of rotatable bonds is 7. The minimum Gasteiger partial charge on any atom is -0.489 e. The average molecular weight is 472 g/mol. The summed E-state index contributed by atoms with van der Waals surface area (Å²) in [6.07, 6.45) is 1.52. The highest BCUT2D eigenvalue weighted by molar-refractivity contribution is 6.42. The Bertz CT molecular complexity index is 1190. The third kappa shape index (κ3) is 4.46. The molecule has 0 amide bonds. The van der Waals surface area contributed by atoms with Crippen LogP contribution in [0.15, 0.2) is 66.4 Å². The van der Waals surface area contributed by atoms with Gasteiger partial charge < -0.3 is 14.8 Å². The lowest BCUT2D eigenvalue weighted by Crippen LogP contribution is -2.29. The van der Waals surface area contributed by atoms with Gasteiger partial charge in [0.1, 0.15) is 25.0 Å². The molecule has 2 aromatic carbocycles. The van der Waals surface area contributed by atoms with E-state index >= 15 is 0 Å². The van der Waals surface area contributed by atoms with Crippen LogP contribution >= 0.6 is 23.2 Å². The van der Waals surface area contributed by atoms with E-state index in [1.54, 1.807) is 23.7 Å². The number of hydrogen-bond donors (Lipinski definition) is 1. The first-order valence-corrected chi connectivity index (χ1v) is 10.4. The van der Waals surface area contributed by atoms with Crippen molar-refractivity contribution >= 4 is 35.1 Å². The minimum absolute atomic E-state index is 0.103. The van der Waals surface area contributed by atoms with Crippen molar-refractivity contribution in [2.45, 2.75) is 19.6 Å². The predicted molar refractivity (Wildman–Crippen MR) is 121 cm³/mol. The van der Waals surface area contributed by atoms with Gasteiger partial charge in [0.15, 0.2) is 0 Å². The third-order valence-electron chi connectivity index (χ3n) is 4.85. The Balaban J connectivity index is 1.57. The summed E-state index contributed by atoms with van der Waals surface area (Å²) in [6, 6.07) is 12.2. The van der Waals surface area contributed by atoms with E-state index in [1.165, 1.54) is 6.08 Å². The fourth-order valence-corrected chi connectivity index (χ4v) is 3.66. The first kappa shape index (κ1) is 21.9. The van der Waals surface area contributed by atoms with Crippen LogP contribution in [0.3, 0.4) is 0 Å². The zero-order valence-electron chi connectivity index (χ0n) is 17.1. The molecule has 4 rings (SSSR count). The van der Waals surface area contributed by atoms with Gasteiger partial charge in [0.25, 0.3) is 0 Å². The zero-order valence-corrected chi connectivity index (χ0v) is 18.6. The van der Waals surface area contributed by atoms with Gasteiger partial charge in [-0.25, -0.2) is 4.79 Å². The molecule has 0 bridgehead atoms. The maximum absolute atomic E-state index is 12.8. The molecule has 32 heavy (non-hydrogen) atoms. The molecule has 0 fully saturated rings. The number of hydrogen-bond acceptors (Lipinski definition) is 7. The second-order valence-corrected chi connectivity index (χ2v) is 7.82. The maximum Gasteiger partial charge on any atom is 0.338 e. The van der Waals surface area contributed by atoms with Gasteiger partial charge in [0.2, 0.25) is 5.95 Å². The van der Waals surface area contributed by atoms with Gasteiger partial charge in [-0.2, -0.15) is 4.68 Å². The van der Waals surface area contributed by atoms with Crippen molar-refractivity contribution in [2.24, 2.45) is 0 Å². The molecule has 1 N–H and O–H groups in total. The monoisotopic (exact) mass is 471 g/mol. The summed E-state index contributed by atoms with van der Waals surface area (Å²) in [6.45, 7) is 5.80. The molecule has 0 radical (unpaired) electrons. The summed E-state index contributed by atoms with van der Waals surface area (Å²) in [5.41, 5.74) is 2.72. The molecule has 0 saturated heterocycles. The van der Waals surface area contributed by atoms with Gasteiger partial charge in [0.05, 0.1) is 15.6 Å². The van der Waals surface area contributed by atoms with Crippen LogP contribution in [0.4, 0.5) is 5.95 Å². The molecule has 1 aliphatic heterocycles. The second-order valence-electron chi connectivity index (χ2n) is 7.01. The van der Waals surface area contributed by atoms with E-state index in [0.29, 0.717) is 39.6 Å². The second kappa shape index (κ2) is 9.42. The normalized spacial score (nSPS) is 15.0. The van der Waals surface area contributed by atoms with Gasteiger partial charge in [-0.15, -0.1) is 0 Å². The highest BCUT2D eigenvalue weighted by Gasteiger charge is 2.34. The number of anilines is 1. The van der Waals surface area contributed by atoms with E-state index in [0.717, 1.165) is 11.1 Å². The molecular formula is C22H19Cl2N5O3. The molecule has 1 unspecified atom stereocenters. The van der Waals surface area contributed by atoms with E-state index in [9.17, 15) is 4.79 Å². The molecule has 164 valence electrons. The number of nitrogens with one attached hydrogen (secondary N) is 1. The highest BCUT2D eigenvalue weighted by Crippen LogP contribution is 2.35. The third-order valence-corrected chi connectivity index (χ3v) is 5.59. The van der Waals surface area contributed by atoms with Gasteiger partial charge in [0, 0.05) is 5.70 Å². The van der Waals surface area contributed by atoms with Crippen LogP contribution < -0.4 is 10.1 Å². The number of carbonyl (C=O) groups is 1. The van der Waals surface area contributed by atoms with E-state index in [-0.39, 0.29) is 6.61 Å². The Morgan fingerprint density at radius 3 is 2.72 bits per heavy atom. The van der Waals surface area contributed by atoms with Crippen LogP contribution in [0.1, 0.15) is 24.1 Å². The van der Waals surface area contributed by atoms with Crippen molar-refractivity contribution in [1.82, 2.24) is 20.2 Å². The Morgan fingerprint density at radius 1 is 1.22 bits per heavy atom. The van der Waals surface area contributed by atoms with E-state index in [2.05, 4.69) is 27.4 Å². The van der Waals surface area contributed by atoms with Gasteiger partial charge in [-0.05, 0) is 52.7 Å². The number of aromatic nitrogens is 4. The Hall–Kier alpha value is -3.36. The number of esters is 1. The number of ether oxygens (including phenoxy) is 2. The van der Waals surface area contributed by atoms with Crippen LogP contribution in [0, 0.1) is 0 Å². The van der Waals surface area contributed by atoms with Crippen molar-refractivity contribution in [3.8, 4) is 5.75 Å². The summed E-state index contributed by atoms with van der Waals surface area (Å²) in [7, 11) is 0. The minimum atomic E-state index is -0.553. The van der Waals surface area contributed by atoms with Crippen LogP contribution in [0.5, 0.6) is 5.75 Å². The molecular weight excluding hydrogens is 453 g/mol. The van der Waals surface area contributed by atoms with Crippen molar-refractivity contribution in [3.05, 3.63) is 87.6 Å². The SMILES string of the molecule is C=CCOC(=O)C1=C(C)Nc2nnnn2C1c1ccc(OCc2ccc(Cl)c(Cl)c2)cc1. The number of nitrogens with zero attached hydrogens (tertiary/aromatic N) is 4. The Labute approximate surface area is 194 Å². The molecule has 8 nitrogen and oxygen atoms in total. The number of halogens is 2. The largest absolute Gasteiger partial charge is 0.489 e. The molecule has 0 saturated carbocycles. The summed E-state index contributed by atoms with van der Waals surface area (Å²) in [4.78, 5) is 12.8. The quantitative estimate of drug-likeness (QED) is 0.398. The number of allylic oxidation sites excluding steroid dienone is 1. The lowest BCUT2D eigenvalue weighted by atomic mass is 9.96. The summed E-state index contributed by atoms with van der Waals surface area (Å²) in [5.74, 6) is 0.621. The number of fused-ring (bicyclic) bond motifs is 1. The Morgan fingerprint density at radius 2 is 2.00 bits per heavy atom. The lowest BCUT2D eigenvalue weighted by Gasteiger charge is -2.27. The molecule has 0 spiro atoms. The number of benzene rings is 2. The molecule has 3 aromatic rings. The van der Waals surface area contributed by atoms with E-state index < -0.39 is 12.0 Å². The molecule has 1 atom stereocenters. The van der Waals surface area contributed by atoms with Gasteiger partial charge in [-0.3, -0.25) is 0 Å². The summed E-state index contributed by atoms with van der Waals surface area (Å²) in [5, 5.41) is 15.8. The van der Waals surface area contributed by atoms with E-state index in [1.807, 2.05) is 30.3 Å². The van der Waals surface area contributed by atoms with Gasteiger partial charge in [-0.1, -0.05) is 59.2 Å². The molecule has 10 heteroatoms. The first-order valence-electron chi connectivity index (χ1n) is 9.68. The number of tetrazole rings is 1. The summed E-state index contributed by atoms with van der Waals surface area (Å²) >= 11 is 12.0. The van der Waals surface area contributed by atoms with E-state index in [4.69, 9.17) is 32.7 Å². The average Bonchev–Trinajstić information content (AvgIpc) is 3.25. The standard InChI is InChI=1S/C22H19Cl2N5O3/c1-3-10-31-21(30)19-13(2)25-22-26-27-28-29(22)20(19)15-5-7-16(8-6-15)32-12-14-4-9-17(23)18(24)11-14/h3-9,11,20H,1,10,12H2,2H3,(H,25,26,28). The van der Waals surface area contributed by atoms with Crippen molar-refractivity contribution in [2.75, 3.05) is 11.9 Å². The van der Waals surface area contributed by atoms with Crippen LogP contribution in [-0.4, -0.2) is 32.8 Å². The first-order chi connectivity index (χ1) is 15.5.